The van der Waals surface area contributed by atoms with Crippen LogP contribution in [0.5, 0.6) is 11.5 Å². The molecule has 1 saturated heterocycles. The molecule has 0 saturated carbocycles. The second-order valence-corrected chi connectivity index (χ2v) is 4.86. The molecule has 1 aromatic rings. The van der Waals surface area contributed by atoms with Crippen LogP contribution in [-0.4, -0.2) is 42.7 Å². The van der Waals surface area contributed by atoms with E-state index >= 15 is 0 Å². The van der Waals surface area contributed by atoms with Crippen LogP contribution in [-0.2, 0) is 0 Å². The second kappa shape index (κ2) is 5.93. The summed E-state index contributed by atoms with van der Waals surface area (Å²) in [5.74, 6) is 0.838. The van der Waals surface area contributed by atoms with Crippen LogP contribution in [0.3, 0.4) is 0 Å². The number of methoxy groups -OCH3 is 1. The zero-order valence-electron chi connectivity index (χ0n) is 11.1. The number of hydrogen-bond acceptors (Lipinski definition) is 4. The van der Waals surface area contributed by atoms with E-state index in [1.165, 1.54) is 13.2 Å². The van der Waals surface area contributed by atoms with E-state index in [1.54, 1.807) is 12.1 Å². The Morgan fingerprint density at radius 1 is 1.47 bits per heavy atom. The lowest BCUT2D eigenvalue weighted by Gasteiger charge is -2.31. The molecule has 5 heteroatoms. The molecule has 0 bridgehead atoms. The maximum absolute atomic E-state index is 12.3. The zero-order chi connectivity index (χ0) is 13.8. The van der Waals surface area contributed by atoms with Crippen molar-refractivity contribution < 1.29 is 14.6 Å². The monoisotopic (exact) mass is 264 g/mol. The van der Waals surface area contributed by atoms with Crippen molar-refractivity contribution in [1.29, 1.82) is 0 Å². The average molecular weight is 264 g/mol. The van der Waals surface area contributed by atoms with Gasteiger partial charge >= 0.3 is 0 Å². The van der Waals surface area contributed by atoms with Crippen molar-refractivity contribution in [3.8, 4) is 11.5 Å². The molecule has 5 nitrogen and oxygen atoms in total. The Hall–Kier alpha value is -1.75. The molecular weight excluding hydrogens is 244 g/mol. The Morgan fingerprint density at radius 3 is 2.68 bits per heavy atom. The number of phenolic OH excluding ortho intramolecular Hbond substituents is 1. The number of aromatic hydroxyl groups is 1. The lowest BCUT2D eigenvalue weighted by atomic mass is 9.96. The molecule has 0 aromatic heterocycles. The molecule has 1 heterocycles. The number of nitrogens with zero attached hydrogens (tertiary/aromatic N) is 1. The highest BCUT2D eigenvalue weighted by Gasteiger charge is 2.23. The number of carbonyl (C=O) groups excluding carboxylic acids is 1. The largest absolute Gasteiger partial charge is 0.504 e. The Balaban J connectivity index is 2.06. The Morgan fingerprint density at radius 2 is 2.16 bits per heavy atom. The fraction of sp³-hybridized carbons (Fsp3) is 0.500. The van der Waals surface area contributed by atoms with Crippen LogP contribution in [0, 0.1) is 5.92 Å². The van der Waals surface area contributed by atoms with Crippen LogP contribution in [0.25, 0.3) is 0 Å². The minimum absolute atomic E-state index is 0.00908. The van der Waals surface area contributed by atoms with E-state index in [4.69, 9.17) is 10.5 Å². The summed E-state index contributed by atoms with van der Waals surface area (Å²) in [6.45, 7) is 2.15. The van der Waals surface area contributed by atoms with Crippen molar-refractivity contribution in [2.75, 3.05) is 26.7 Å². The van der Waals surface area contributed by atoms with Gasteiger partial charge in [-0.2, -0.15) is 0 Å². The summed E-state index contributed by atoms with van der Waals surface area (Å²) < 4.78 is 4.97. The number of carbonyl (C=O) groups is 1. The predicted molar refractivity (Wildman–Crippen MR) is 72.3 cm³/mol. The van der Waals surface area contributed by atoms with Gasteiger partial charge in [0.2, 0.25) is 0 Å². The molecule has 1 aliphatic heterocycles. The smallest absolute Gasteiger partial charge is 0.253 e. The van der Waals surface area contributed by atoms with Gasteiger partial charge in [0.1, 0.15) is 0 Å². The van der Waals surface area contributed by atoms with Gasteiger partial charge in [0.05, 0.1) is 7.11 Å². The summed E-state index contributed by atoms with van der Waals surface area (Å²) in [7, 11) is 1.48. The zero-order valence-corrected chi connectivity index (χ0v) is 11.1. The third-order valence-corrected chi connectivity index (χ3v) is 3.66. The van der Waals surface area contributed by atoms with Gasteiger partial charge in [-0.1, -0.05) is 0 Å². The van der Waals surface area contributed by atoms with Gasteiger partial charge in [-0.25, -0.2) is 0 Å². The molecule has 1 fully saturated rings. The Kier molecular flexibility index (Phi) is 4.27. The van der Waals surface area contributed by atoms with Gasteiger partial charge in [0, 0.05) is 18.7 Å². The Bertz CT molecular complexity index is 454. The van der Waals surface area contributed by atoms with Crippen molar-refractivity contribution in [3.05, 3.63) is 23.8 Å². The number of amides is 1. The lowest BCUT2D eigenvalue weighted by molar-refractivity contribution is 0.0693. The van der Waals surface area contributed by atoms with Gasteiger partial charge in [-0.3, -0.25) is 4.79 Å². The van der Waals surface area contributed by atoms with Crippen LogP contribution >= 0.6 is 0 Å². The van der Waals surface area contributed by atoms with E-state index in [1.807, 2.05) is 4.90 Å². The number of rotatable bonds is 3. The van der Waals surface area contributed by atoms with Crippen molar-refractivity contribution in [2.45, 2.75) is 12.8 Å². The molecule has 2 rings (SSSR count). The first-order valence-electron chi connectivity index (χ1n) is 6.52. The van der Waals surface area contributed by atoms with Crippen molar-refractivity contribution >= 4 is 5.91 Å². The number of piperidine rings is 1. The van der Waals surface area contributed by atoms with Gasteiger partial charge in [0.25, 0.3) is 5.91 Å². The van der Waals surface area contributed by atoms with Gasteiger partial charge < -0.3 is 20.5 Å². The number of benzene rings is 1. The summed E-state index contributed by atoms with van der Waals surface area (Å²) >= 11 is 0. The highest BCUT2D eigenvalue weighted by atomic mass is 16.5. The predicted octanol–water partition coefficient (Wildman–Crippen LogP) is 1.21. The van der Waals surface area contributed by atoms with Gasteiger partial charge in [-0.05, 0) is 43.5 Å². The molecule has 0 aliphatic carbocycles. The third-order valence-electron chi connectivity index (χ3n) is 3.66. The maximum Gasteiger partial charge on any atom is 0.253 e. The van der Waals surface area contributed by atoms with E-state index in [9.17, 15) is 9.90 Å². The van der Waals surface area contributed by atoms with Gasteiger partial charge in [-0.15, -0.1) is 0 Å². The number of likely N-dealkylation sites (tertiary alicyclic amines) is 1. The fourth-order valence-corrected chi connectivity index (χ4v) is 2.38. The van der Waals surface area contributed by atoms with E-state index < -0.39 is 0 Å². The lowest BCUT2D eigenvalue weighted by Crippen LogP contribution is -2.40. The standard InChI is InChI=1S/C14H20N2O3/c1-19-13-3-2-11(8-12(13)17)14(18)16-6-4-10(9-15)5-7-16/h2-3,8,10,17H,4-7,9,15H2,1H3. The minimum Gasteiger partial charge on any atom is -0.504 e. The summed E-state index contributed by atoms with van der Waals surface area (Å²) in [4.78, 5) is 14.1. The van der Waals surface area contributed by atoms with E-state index in [0.717, 1.165) is 25.9 Å². The average Bonchev–Trinajstić information content (AvgIpc) is 2.46. The van der Waals surface area contributed by atoms with Crippen LogP contribution in [0.15, 0.2) is 18.2 Å². The van der Waals surface area contributed by atoms with E-state index in [2.05, 4.69) is 0 Å². The number of hydrogen-bond donors (Lipinski definition) is 2. The number of phenols is 1. The third kappa shape index (κ3) is 2.98. The van der Waals surface area contributed by atoms with E-state index in [0.29, 0.717) is 23.8 Å². The summed E-state index contributed by atoms with van der Waals surface area (Å²) in [6, 6.07) is 4.74. The van der Waals surface area contributed by atoms with Crippen LogP contribution in [0.2, 0.25) is 0 Å². The summed E-state index contributed by atoms with van der Waals surface area (Å²) in [5.41, 5.74) is 6.13. The summed E-state index contributed by atoms with van der Waals surface area (Å²) in [6.07, 6.45) is 1.90. The molecule has 1 aromatic carbocycles. The topological polar surface area (TPSA) is 75.8 Å². The Labute approximate surface area is 113 Å². The first-order valence-corrected chi connectivity index (χ1v) is 6.52. The summed E-state index contributed by atoms with van der Waals surface area (Å²) in [5, 5.41) is 9.71. The highest BCUT2D eigenvalue weighted by molar-refractivity contribution is 5.95. The quantitative estimate of drug-likeness (QED) is 0.860. The van der Waals surface area contributed by atoms with Crippen molar-refractivity contribution in [3.63, 3.8) is 0 Å². The molecule has 104 valence electrons. The first kappa shape index (κ1) is 13.7. The maximum atomic E-state index is 12.3. The van der Waals surface area contributed by atoms with Crippen LogP contribution < -0.4 is 10.5 Å². The van der Waals surface area contributed by atoms with E-state index in [-0.39, 0.29) is 11.7 Å². The van der Waals surface area contributed by atoms with Crippen molar-refractivity contribution in [2.24, 2.45) is 11.7 Å². The number of ether oxygens (including phenoxy) is 1. The fourth-order valence-electron chi connectivity index (χ4n) is 2.38. The molecule has 1 aliphatic rings. The minimum atomic E-state index is -0.0478. The molecular formula is C14H20N2O3. The molecule has 0 radical (unpaired) electrons. The molecule has 19 heavy (non-hydrogen) atoms. The van der Waals surface area contributed by atoms with Crippen LogP contribution in [0.1, 0.15) is 23.2 Å². The molecule has 0 spiro atoms. The first-order chi connectivity index (χ1) is 9.15. The molecule has 3 N–H and O–H groups in total. The molecule has 1 amide bonds. The van der Waals surface area contributed by atoms with Gasteiger partial charge in [0.15, 0.2) is 11.5 Å². The normalized spacial score (nSPS) is 16.4. The SMILES string of the molecule is COc1ccc(C(=O)N2CCC(CN)CC2)cc1O. The number of nitrogens with two attached hydrogens (primary N) is 1. The molecule has 0 atom stereocenters. The second-order valence-electron chi connectivity index (χ2n) is 4.86. The molecule has 0 unspecified atom stereocenters. The highest BCUT2D eigenvalue weighted by Crippen LogP contribution is 2.27. The van der Waals surface area contributed by atoms with Crippen LogP contribution in [0.4, 0.5) is 0 Å². The van der Waals surface area contributed by atoms with Crippen molar-refractivity contribution in [1.82, 2.24) is 4.90 Å².